The summed E-state index contributed by atoms with van der Waals surface area (Å²) in [5.74, 6) is -1.32. The zero-order valence-corrected chi connectivity index (χ0v) is 9.37. The van der Waals surface area contributed by atoms with Crippen molar-refractivity contribution in [3.8, 4) is 22.9 Å². The predicted octanol–water partition coefficient (Wildman–Crippen LogP) is 3.72. The normalized spacial score (nSPS) is 9.94. The van der Waals surface area contributed by atoms with Gasteiger partial charge in [-0.3, -0.25) is 0 Å². The number of rotatable bonds is 1. The molecule has 0 bridgehead atoms. The van der Waals surface area contributed by atoms with Crippen LogP contribution in [0.1, 0.15) is 5.56 Å². The van der Waals surface area contributed by atoms with Crippen molar-refractivity contribution < 1.29 is 9.50 Å². The van der Waals surface area contributed by atoms with Crippen LogP contribution in [-0.2, 0) is 0 Å². The molecule has 0 saturated heterocycles. The largest absolute Gasteiger partial charge is 0.504 e. The monoisotopic (exact) mass is 247 g/mol. The highest BCUT2D eigenvalue weighted by Gasteiger charge is 2.09. The molecule has 0 atom stereocenters. The molecule has 1 N–H and O–H groups in total. The minimum Gasteiger partial charge on any atom is -0.504 e. The van der Waals surface area contributed by atoms with Crippen molar-refractivity contribution in [2.24, 2.45) is 0 Å². The maximum absolute atomic E-state index is 13.3. The Morgan fingerprint density at radius 2 is 1.76 bits per heavy atom. The lowest BCUT2D eigenvalue weighted by molar-refractivity contribution is 0.433. The second-order valence-corrected chi connectivity index (χ2v) is 3.88. The predicted molar refractivity (Wildman–Crippen MR) is 63.2 cm³/mol. The van der Waals surface area contributed by atoms with Gasteiger partial charge in [-0.2, -0.15) is 5.26 Å². The van der Waals surface area contributed by atoms with Crippen molar-refractivity contribution in [3.05, 3.63) is 52.8 Å². The Morgan fingerprint density at radius 1 is 1.12 bits per heavy atom. The van der Waals surface area contributed by atoms with Crippen LogP contribution < -0.4 is 0 Å². The van der Waals surface area contributed by atoms with Gasteiger partial charge >= 0.3 is 0 Å². The molecule has 2 aromatic rings. The smallest absolute Gasteiger partial charge is 0.170 e. The molecule has 4 heteroatoms. The first-order valence-electron chi connectivity index (χ1n) is 4.80. The number of phenolic OH excluding ortho intramolecular Hbond substituents is 1. The highest BCUT2D eigenvalue weighted by Crippen LogP contribution is 2.32. The Hall–Kier alpha value is -2.05. The van der Waals surface area contributed by atoms with Gasteiger partial charge in [-0.1, -0.05) is 23.7 Å². The third kappa shape index (κ3) is 2.22. The molecule has 0 spiro atoms. The summed E-state index contributed by atoms with van der Waals surface area (Å²) < 4.78 is 13.3. The van der Waals surface area contributed by atoms with Crippen LogP contribution in [-0.4, -0.2) is 5.11 Å². The van der Waals surface area contributed by atoms with E-state index in [1.165, 1.54) is 12.1 Å². The van der Waals surface area contributed by atoms with E-state index < -0.39 is 11.6 Å². The third-order valence-electron chi connectivity index (χ3n) is 2.36. The van der Waals surface area contributed by atoms with E-state index in [1.807, 2.05) is 6.07 Å². The number of nitrogens with zero attached hydrogens (tertiary/aromatic N) is 1. The Balaban J connectivity index is 2.50. The Morgan fingerprint density at radius 3 is 2.29 bits per heavy atom. The molecule has 0 aromatic heterocycles. The van der Waals surface area contributed by atoms with Gasteiger partial charge in [0.2, 0.25) is 0 Å². The molecule has 0 aliphatic carbocycles. The molecule has 17 heavy (non-hydrogen) atoms. The van der Waals surface area contributed by atoms with Crippen LogP contribution in [0.3, 0.4) is 0 Å². The van der Waals surface area contributed by atoms with Gasteiger partial charge in [-0.05, 0) is 35.4 Å². The summed E-state index contributed by atoms with van der Waals surface area (Å²) in [4.78, 5) is 0. The minimum absolute atomic E-state index is 0.0376. The molecule has 0 aliphatic rings. The van der Waals surface area contributed by atoms with E-state index in [0.29, 0.717) is 11.1 Å². The van der Waals surface area contributed by atoms with E-state index in [1.54, 1.807) is 24.3 Å². The van der Waals surface area contributed by atoms with Crippen LogP contribution in [0.4, 0.5) is 4.39 Å². The van der Waals surface area contributed by atoms with Crippen LogP contribution in [0.5, 0.6) is 5.75 Å². The van der Waals surface area contributed by atoms with Crippen molar-refractivity contribution >= 4 is 11.6 Å². The van der Waals surface area contributed by atoms with Gasteiger partial charge < -0.3 is 5.11 Å². The van der Waals surface area contributed by atoms with Crippen LogP contribution in [0.25, 0.3) is 11.1 Å². The van der Waals surface area contributed by atoms with E-state index in [2.05, 4.69) is 0 Å². The summed E-state index contributed by atoms with van der Waals surface area (Å²) >= 11 is 5.69. The summed E-state index contributed by atoms with van der Waals surface area (Å²) in [6.07, 6.45) is 0. The molecule has 2 aromatic carbocycles. The van der Waals surface area contributed by atoms with Gasteiger partial charge in [-0.15, -0.1) is 0 Å². The SMILES string of the molecule is N#Cc1ccc(-c2cc(F)c(O)c(Cl)c2)cc1. The lowest BCUT2D eigenvalue weighted by atomic mass is 10.0. The van der Waals surface area contributed by atoms with Gasteiger partial charge in [0, 0.05) is 0 Å². The quantitative estimate of drug-likeness (QED) is 0.835. The maximum atomic E-state index is 13.3. The fraction of sp³-hybridized carbons (Fsp3) is 0. The van der Waals surface area contributed by atoms with Crippen molar-refractivity contribution in [2.75, 3.05) is 0 Å². The number of hydrogen-bond acceptors (Lipinski definition) is 2. The van der Waals surface area contributed by atoms with Gasteiger partial charge in [0.1, 0.15) is 0 Å². The van der Waals surface area contributed by atoms with E-state index in [0.717, 1.165) is 5.56 Å². The number of aromatic hydroxyl groups is 1. The molecule has 0 fully saturated rings. The van der Waals surface area contributed by atoms with Gasteiger partial charge in [0.25, 0.3) is 0 Å². The average molecular weight is 248 g/mol. The Bertz CT molecular complexity index is 579. The lowest BCUT2D eigenvalue weighted by Crippen LogP contribution is -1.83. The lowest BCUT2D eigenvalue weighted by Gasteiger charge is -2.05. The van der Waals surface area contributed by atoms with Crippen molar-refractivity contribution in [2.45, 2.75) is 0 Å². The molecule has 0 unspecified atom stereocenters. The van der Waals surface area contributed by atoms with Crippen LogP contribution in [0, 0.1) is 17.1 Å². The van der Waals surface area contributed by atoms with Crippen LogP contribution in [0.2, 0.25) is 5.02 Å². The zero-order valence-electron chi connectivity index (χ0n) is 8.61. The van der Waals surface area contributed by atoms with Crippen molar-refractivity contribution in [3.63, 3.8) is 0 Å². The molecule has 0 saturated carbocycles. The fourth-order valence-electron chi connectivity index (χ4n) is 1.47. The maximum Gasteiger partial charge on any atom is 0.170 e. The molecular weight excluding hydrogens is 241 g/mol. The number of benzene rings is 2. The molecule has 2 nitrogen and oxygen atoms in total. The Kier molecular flexibility index (Phi) is 2.99. The van der Waals surface area contributed by atoms with Gasteiger partial charge in [0.05, 0.1) is 16.7 Å². The molecule has 0 amide bonds. The van der Waals surface area contributed by atoms with E-state index in [4.69, 9.17) is 16.9 Å². The molecule has 0 radical (unpaired) electrons. The highest BCUT2D eigenvalue weighted by atomic mass is 35.5. The fourth-order valence-corrected chi connectivity index (χ4v) is 1.68. The summed E-state index contributed by atoms with van der Waals surface area (Å²) in [6.45, 7) is 0. The van der Waals surface area contributed by atoms with Crippen molar-refractivity contribution in [1.29, 1.82) is 5.26 Å². The van der Waals surface area contributed by atoms with Crippen LogP contribution in [0.15, 0.2) is 36.4 Å². The summed E-state index contributed by atoms with van der Waals surface area (Å²) in [5.41, 5.74) is 1.80. The first-order valence-corrected chi connectivity index (χ1v) is 5.18. The second-order valence-electron chi connectivity index (χ2n) is 3.48. The number of halogens is 2. The molecular formula is C13H7ClFNO. The minimum atomic E-state index is -0.767. The second kappa shape index (κ2) is 4.44. The summed E-state index contributed by atoms with van der Waals surface area (Å²) in [7, 11) is 0. The zero-order chi connectivity index (χ0) is 12.4. The molecule has 2 rings (SSSR count). The summed E-state index contributed by atoms with van der Waals surface area (Å²) in [5, 5.41) is 17.8. The first kappa shape index (κ1) is 11.4. The van der Waals surface area contributed by atoms with Crippen molar-refractivity contribution in [1.82, 2.24) is 0 Å². The molecule has 0 heterocycles. The van der Waals surface area contributed by atoms with E-state index >= 15 is 0 Å². The Labute approximate surface area is 103 Å². The number of hydrogen-bond donors (Lipinski definition) is 1. The topological polar surface area (TPSA) is 44.0 Å². The van der Waals surface area contributed by atoms with Crippen LogP contribution >= 0.6 is 11.6 Å². The first-order chi connectivity index (χ1) is 8.11. The third-order valence-corrected chi connectivity index (χ3v) is 2.65. The van der Waals surface area contributed by atoms with Gasteiger partial charge in [-0.25, -0.2) is 4.39 Å². The number of phenols is 1. The van der Waals surface area contributed by atoms with Gasteiger partial charge in [0.15, 0.2) is 11.6 Å². The van der Waals surface area contributed by atoms with E-state index in [9.17, 15) is 9.50 Å². The number of nitriles is 1. The average Bonchev–Trinajstić information content (AvgIpc) is 2.35. The standard InChI is InChI=1S/C13H7ClFNO/c14-11-5-10(6-12(15)13(11)17)9-3-1-8(7-16)2-4-9/h1-6,17H. The molecule has 84 valence electrons. The highest BCUT2D eigenvalue weighted by molar-refractivity contribution is 6.32. The summed E-state index contributed by atoms with van der Waals surface area (Å²) in [6, 6.07) is 11.3. The van der Waals surface area contributed by atoms with E-state index in [-0.39, 0.29) is 5.02 Å². The molecule has 0 aliphatic heterocycles.